The summed E-state index contributed by atoms with van der Waals surface area (Å²) in [6.07, 6.45) is 0. The van der Waals surface area contributed by atoms with Gasteiger partial charge in [0, 0.05) is 10.8 Å². The lowest BCUT2D eigenvalue weighted by molar-refractivity contribution is 0.291. The molecular formula is C21H17BO4. The van der Waals surface area contributed by atoms with E-state index in [1.807, 2.05) is 72.8 Å². The van der Waals surface area contributed by atoms with Gasteiger partial charge in [0.2, 0.25) is 0 Å². The Morgan fingerprint density at radius 3 is 1.65 bits per heavy atom. The van der Waals surface area contributed by atoms with Crippen molar-refractivity contribution in [3.05, 3.63) is 72.8 Å². The Kier molecular flexibility index (Phi) is 4.25. The molecule has 0 saturated carbocycles. The Balaban J connectivity index is 2.11. The van der Waals surface area contributed by atoms with Crippen LogP contribution >= 0.6 is 0 Å². The third kappa shape index (κ3) is 2.77. The highest BCUT2D eigenvalue weighted by atomic mass is 16.6. The Hall–Kier alpha value is -3.02. The largest absolute Gasteiger partial charge is 0.707 e. The van der Waals surface area contributed by atoms with Crippen LogP contribution in [0.3, 0.4) is 0 Å². The molecule has 0 aliphatic carbocycles. The molecule has 4 aromatic carbocycles. The van der Waals surface area contributed by atoms with Gasteiger partial charge >= 0.3 is 7.32 Å². The van der Waals surface area contributed by atoms with Gasteiger partial charge in [0.1, 0.15) is 11.5 Å². The van der Waals surface area contributed by atoms with E-state index in [0.29, 0.717) is 5.75 Å². The zero-order valence-electron chi connectivity index (χ0n) is 14.2. The van der Waals surface area contributed by atoms with Gasteiger partial charge in [-0.15, -0.1) is 0 Å². The molecule has 0 fully saturated rings. The van der Waals surface area contributed by atoms with Crippen molar-refractivity contribution in [2.45, 2.75) is 0 Å². The minimum atomic E-state index is -1.88. The molecule has 4 aromatic rings. The van der Waals surface area contributed by atoms with E-state index in [4.69, 9.17) is 9.39 Å². The average molecular weight is 344 g/mol. The summed E-state index contributed by atoms with van der Waals surface area (Å²) in [6, 6.07) is 23.5. The van der Waals surface area contributed by atoms with Crippen LogP contribution in [0.25, 0.3) is 32.7 Å². The summed E-state index contributed by atoms with van der Waals surface area (Å²) in [5.74, 6) is 1.26. The number of fused-ring (bicyclic) bond motifs is 2. The first kappa shape index (κ1) is 16.5. The molecular weight excluding hydrogens is 327 g/mol. The van der Waals surface area contributed by atoms with E-state index >= 15 is 0 Å². The van der Waals surface area contributed by atoms with Gasteiger partial charge in [-0.3, -0.25) is 0 Å². The second-order valence-corrected chi connectivity index (χ2v) is 5.97. The summed E-state index contributed by atoms with van der Waals surface area (Å²) >= 11 is 0. The molecule has 0 aliphatic rings. The number of rotatable bonds is 4. The van der Waals surface area contributed by atoms with E-state index in [2.05, 4.69) is 0 Å². The quantitative estimate of drug-likeness (QED) is 0.434. The van der Waals surface area contributed by atoms with Crippen molar-refractivity contribution in [1.29, 1.82) is 0 Å². The molecule has 0 amide bonds. The molecule has 0 aliphatic heterocycles. The molecule has 0 radical (unpaired) electrons. The van der Waals surface area contributed by atoms with Crippen LogP contribution in [0.5, 0.6) is 11.5 Å². The topological polar surface area (TPSA) is 58.9 Å². The summed E-state index contributed by atoms with van der Waals surface area (Å²) < 4.78 is 10.6. The normalized spacial score (nSPS) is 10.9. The maximum absolute atomic E-state index is 9.39. The summed E-state index contributed by atoms with van der Waals surface area (Å²) in [4.78, 5) is 0. The number of hydrogen-bond acceptors (Lipinski definition) is 4. The van der Waals surface area contributed by atoms with Gasteiger partial charge in [0.05, 0.1) is 7.11 Å². The van der Waals surface area contributed by atoms with Crippen LogP contribution in [-0.4, -0.2) is 24.5 Å². The lowest BCUT2D eigenvalue weighted by atomic mass is 9.91. The highest BCUT2D eigenvalue weighted by molar-refractivity contribution is 6.35. The Labute approximate surface area is 151 Å². The fourth-order valence-electron chi connectivity index (χ4n) is 3.39. The SMILES string of the molecule is COc1ccc(-c2c3ccccc3c(OB(O)O)c3ccccc23)cc1. The van der Waals surface area contributed by atoms with Gasteiger partial charge in [0.15, 0.2) is 0 Å². The van der Waals surface area contributed by atoms with E-state index < -0.39 is 7.32 Å². The van der Waals surface area contributed by atoms with E-state index in [1.165, 1.54) is 0 Å². The van der Waals surface area contributed by atoms with Crippen molar-refractivity contribution in [3.63, 3.8) is 0 Å². The van der Waals surface area contributed by atoms with Crippen LogP contribution in [-0.2, 0) is 0 Å². The van der Waals surface area contributed by atoms with Crippen LogP contribution in [0.15, 0.2) is 72.8 Å². The maximum atomic E-state index is 9.39. The molecule has 128 valence electrons. The molecule has 4 nitrogen and oxygen atoms in total. The molecule has 4 rings (SSSR count). The summed E-state index contributed by atoms with van der Waals surface area (Å²) in [6.45, 7) is 0. The predicted octanol–water partition coefficient (Wildman–Crippen LogP) is 4.02. The molecule has 0 bridgehead atoms. The fourth-order valence-corrected chi connectivity index (χ4v) is 3.39. The highest BCUT2D eigenvalue weighted by Crippen LogP contribution is 2.43. The van der Waals surface area contributed by atoms with E-state index in [-0.39, 0.29) is 0 Å². The van der Waals surface area contributed by atoms with Gasteiger partial charge < -0.3 is 19.4 Å². The van der Waals surface area contributed by atoms with Gasteiger partial charge in [0.25, 0.3) is 0 Å². The Morgan fingerprint density at radius 2 is 1.19 bits per heavy atom. The molecule has 0 heterocycles. The first-order valence-electron chi connectivity index (χ1n) is 8.29. The Bertz CT molecular complexity index is 1020. The van der Waals surface area contributed by atoms with Crippen LogP contribution in [0.2, 0.25) is 0 Å². The Morgan fingerprint density at radius 1 is 0.692 bits per heavy atom. The minimum Gasteiger partial charge on any atom is -0.511 e. The average Bonchev–Trinajstić information content (AvgIpc) is 2.68. The molecule has 0 unspecified atom stereocenters. The van der Waals surface area contributed by atoms with E-state index in [9.17, 15) is 10.0 Å². The molecule has 0 atom stereocenters. The molecule has 0 aromatic heterocycles. The molecule has 0 spiro atoms. The zero-order chi connectivity index (χ0) is 18.1. The lowest BCUT2D eigenvalue weighted by Gasteiger charge is -2.17. The molecule has 26 heavy (non-hydrogen) atoms. The fraction of sp³-hybridized carbons (Fsp3) is 0.0476. The van der Waals surface area contributed by atoms with E-state index in [0.717, 1.165) is 38.4 Å². The maximum Gasteiger partial charge on any atom is 0.707 e. The number of benzene rings is 4. The molecule has 2 N–H and O–H groups in total. The van der Waals surface area contributed by atoms with Crippen molar-refractivity contribution in [1.82, 2.24) is 0 Å². The van der Waals surface area contributed by atoms with Gasteiger partial charge in [-0.05, 0) is 34.0 Å². The summed E-state index contributed by atoms with van der Waals surface area (Å²) in [7, 11) is -0.236. The second kappa shape index (κ2) is 6.71. The van der Waals surface area contributed by atoms with Crippen molar-refractivity contribution >= 4 is 28.9 Å². The second-order valence-electron chi connectivity index (χ2n) is 5.97. The van der Waals surface area contributed by atoms with Gasteiger partial charge in [-0.25, -0.2) is 0 Å². The number of methoxy groups -OCH3 is 1. The van der Waals surface area contributed by atoms with Crippen LogP contribution in [0.1, 0.15) is 0 Å². The summed E-state index contributed by atoms with van der Waals surface area (Å²) in [5, 5.41) is 22.4. The van der Waals surface area contributed by atoms with E-state index in [1.54, 1.807) is 7.11 Å². The first-order chi connectivity index (χ1) is 12.7. The highest BCUT2D eigenvalue weighted by Gasteiger charge is 2.20. The minimum absolute atomic E-state index is 0.462. The van der Waals surface area contributed by atoms with Crippen molar-refractivity contribution in [2.24, 2.45) is 0 Å². The molecule has 0 saturated heterocycles. The van der Waals surface area contributed by atoms with Crippen LogP contribution < -0.4 is 9.39 Å². The van der Waals surface area contributed by atoms with Crippen molar-refractivity contribution in [2.75, 3.05) is 7.11 Å². The van der Waals surface area contributed by atoms with Gasteiger partial charge in [-0.1, -0.05) is 60.7 Å². The predicted molar refractivity (Wildman–Crippen MR) is 104 cm³/mol. The monoisotopic (exact) mass is 344 g/mol. The third-order valence-corrected chi connectivity index (χ3v) is 4.48. The van der Waals surface area contributed by atoms with Crippen molar-refractivity contribution < 1.29 is 19.4 Å². The van der Waals surface area contributed by atoms with Crippen molar-refractivity contribution in [3.8, 4) is 22.6 Å². The van der Waals surface area contributed by atoms with Crippen LogP contribution in [0, 0.1) is 0 Å². The third-order valence-electron chi connectivity index (χ3n) is 4.48. The number of ether oxygens (including phenoxy) is 1. The van der Waals surface area contributed by atoms with Crippen LogP contribution in [0.4, 0.5) is 0 Å². The first-order valence-corrected chi connectivity index (χ1v) is 8.29. The molecule has 5 heteroatoms. The smallest absolute Gasteiger partial charge is 0.511 e. The lowest BCUT2D eigenvalue weighted by Crippen LogP contribution is -2.21. The number of hydrogen-bond donors (Lipinski definition) is 2. The van der Waals surface area contributed by atoms with Gasteiger partial charge in [-0.2, -0.15) is 0 Å². The standard InChI is InChI=1S/C21H17BO4/c1-25-15-12-10-14(11-13-15)20-16-6-2-4-8-18(16)21(26-22(23)24)19-9-5-3-7-17(19)20/h2-13,23-24H,1H3. The summed E-state index contributed by atoms with van der Waals surface area (Å²) in [5.41, 5.74) is 2.12. The zero-order valence-corrected chi connectivity index (χ0v) is 14.2.